The first-order chi connectivity index (χ1) is 12.9. The van der Waals surface area contributed by atoms with Crippen LogP contribution in [-0.4, -0.2) is 45.5 Å². The molecule has 0 aliphatic carbocycles. The minimum atomic E-state index is 0.514. The van der Waals surface area contributed by atoms with E-state index in [1.54, 1.807) is 0 Å². The molecule has 0 amide bonds. The van der Waals surface area contributed by atoms with Gasteiger partial charge in [0.05, 0.1) is 13.2 Å². The van der Waals surface area contributed by atoms with Crippen molar-refractivity contribution in [3.63, 3.8) is 0 Å². The van der Waals surface area contributed by atoms with Crippen molar-refractivity contribution in [2.24, 2.45) is 0 Å². The van der Waals surface area contributed by atoms with Crippen LogP contribution < -0.4 is 15.0 Å². The largest absolute Gasteiger partial charge is 0.492 e. The zero-order valence-electron chi connectivity index (χ0n) is 15.3. The van der Waals surface area contributed by atoms with E-state index in [-0.39, 0.29) is 0 Å². The molecule has 2 fully saturated rings. The van der Waals surface area contributed by atoms with Crippen LogP contribution >= 0.6 is 0 Å². The highest BCUT2D eigenvalue weighted by Crippen LogP contribution is 2.20. The van der Waals surface area contributed by atoms with Crippen LogP contribution in [0.1, 0.15) is 24.0 Å². The molecule has 0 radical (unpaired) electrons. The molecule has 2 aromatic carbocycles. The summed E-state index contributed by atoms with van der Waals surface area (Å²) in [6.45, 7) is 5.51. The van der Waals surface area contributed by atoms with Gasteiger partial charge in [-0.2, -0.15) is 0 Å². The molecule has 2 aliphatic heterocycles. The molecule has 2 heterocycles. The average molecular weight is 352 g/mol. The minimum absolute atomic E-state index is 0.514. The summed E-state index contributed by atoms with van der Waals surface area (Å²) < 4.78 is 11.3. The van der Waals surface area contributed by atoms with Gasteiger partial charge in [0.2, 0.25) is 0 Å². The normalized spacial score (nSPS) is 20.3. The van der Waals surface area contributed by atoms with Crippen LogP contribution in [0.25, 0.3) is 0 Å². The third-order valence-electron chi connectivity index (χ3n) is 5.26. The number of hydrogen-bond donors (Lipinski definition) is 1. The predicted octanol–water partition coefficient (Wildman–Crippen LogP) is 3.24. The average Bonchev–Trinajstić information content (AvgIpc) is 3.22. The number of anilines is 1. The predicted molar refractivity (Wildman–Crippen MR) is 105 cm³/mol. The van der Waals surface area contributed by atoms with Gasteiger partial charge in [-0.15, -0.1) is 0 Å². The smallest absolute Gasteiger partial charge is 0.119 e. The summed E-state index contributed by atoms with van der Waals surface area (Å²) in [5.74, 6) is 0.963. The van der Waals surface area contributed by atoms with Crippen molar-refractivity contribution in [2.45, 2.75) is 25.3 Å². The topological polar surface area (TPSA) is 33.7 Å². The Hall–Kier alpha value is -2.04. The Labute approximate surface area is 156 Å². The fraction of sp³-hybridized carbons (Fsp3) is 0.455. The Bertz CT molecular complexity index is 672. The number of benzene rings is 2. The van der Waals surface area contributed by atoms with E-state index in [9.17, 15) is 0 Å². The maximum atomic E-state index is 5.90. The molecule has 0 unspecified atom stereocenters. The molecule has 4 heteroatoms. The van der Waals surface area contributed by atoms with Gasteiger partial charge in [0.1, 0.15) is 12.4 Å². The molecule has 26 heavy (non-hydrogen) atoms. The summed E-state index contributed by atoms with van der Waals surface area (Å²) >= 11 is 0. The monoisotopic (exact) mass is 352 g/mol. The fourth-order valence-electron chi connectivity index (χ4n) is 3.68. The molecule has 1 atom stereocenters. The summed E-state index contributed by atoms with van der Waals surface area (Å²) in [5.41, 5.74) is 3.95. The fourth-order valence-corrected chi connectivity index (χ4v) is 3.68. The second-order valence-electron chi connectivity index (χ2n) is 7.19. The second kappa shape index (κ2) is 8.56. The van der Waals surface area contributed by atoms with Gasteiger partial charge >= 0.3 is 0 Å². The third kappa shape index (κ3) is 4.57. The summed E-state index contributed by atoms with van der Waals surface area (Å²) in [5, 5.41) is 3.46. The minimum Gasteiger partial charge on any atom is -0.492 e. The Morgan fingerprint density at radius 2 is 1.65 bits per heavy atom. The number of nitrogens with zero attached hydrogens (tertiary/aromatic N) is 1. The molecule has 2 aliphatic rings. The highest BCUT2D eigenvalue weighted by Gasteiger charge is 2.14. The van der Waals surface area contributed by atoms with Crippen LogP contribution in [0.15, 0.2) is 48.5 Å². The SMILES string of the molecule is c1cc(OC[C@@H]2CCCN2)ccc1Cc1ccc(N2CCOCC2)cc1. The summed E-state index contributed by atoms with van der Waals surface area (Å²) in [6.07, 6.45) is 3.43. The molecule has 0 saturated carbocycles. The van der Waals surface area contributed by atoms with Crippen LogP contribution in [-0.2, 0) is 11.2 Å². The highest BCUT2D eigenvalue weighted by atomic mass is 16.5. The van der Waals surface area contributed by atoms with Crippen LogP contribution in [0.4, 0.5) is 5.69 Å². The summed E-state index contributed by atoms with van der Waals surface area (Å²) in [7, 11) is 0. The van der Waals surface area contributed by atoms with E-state index in [0.717, 1.165) is 51.6 Å². The van der Waals surface area contributed by atoms with Gasteiger partial charge in [-0.05, 0) is 61.2 Å². The Kier molecular flexibility index (Phi) is 5.72. The van der Waals surface area contributed by atoms with Gasteiger partial charge in [0.15, 0.2) is 0 Å². The van der Waals surface area contributed by atoms with Crippen LogP contribution in [0.2, 0.25) is 0 Å². The van der Waals surface area contributed by atoms with Crippen molar-refractivity contribution in [2.75, 3.05) is 44.4 Å². The van der Waals surface area contributed by atoms with E-state index >= 15 is 0 Å². The maximum Gasteiger partial charge on any atom is 0.119 e. The zero-order valence-corrected chi connectivity index (χ0v) is 15.3. The molecular formula is C22H28N2O2. The van der Waals surface area contributed by atoms with Gasteiger partial charge in [0.25, 0.3) is 0 Å². The van der Waals surface area contributed by atoms with Gasteiger partial charge in [-0.3, -0.25) is 0 Å². The van der Waals surface area contributed by atoms with Crippen molar-refractivity contribution in [1.29, 1.82) is 0 Å². The summed E-state index contributed by atoms with van der Waals surface area (Å²) in [4.78, 5) is 2.39. The number of rotatable bonds is 6. The Morgan fingerprint density at radius 1 is 0.962 bits per heavy atom. The van der Waals surface area contributed by atoms with Crippen molar-refractivity contribution < 1.29 is 9.47 Å². The third-order valence-corrected chi connectivity index (χ3v) is 5.26. The molecule has 1 N–H and O–H groups in total. The van der Waals surface area contributed by atoms with E-state index in [2.05, 4.69) is 58.7 Å². The number of morpholine rings is 1. The first kappa shape index (κ1) is 17.4. The maximum absolute atomic E-state index is 5.90. The molecule has 0 spiro atoms. The quantitative estimate of drug-likeness (QED) is 0.865. The second-order valence-corrected chi connectivity index (χ2v) is 7.19. The Balaban J connectivity index is 1.30. The standard InChI is InChI=1S/C22H28N2O2/c1-2-20(23-11-1)17-26-22-9-5-19(6-10-22)16-18-3-7-21(8-4-18)24-12-14-25-15-13-24/h3-10,20,23H,1-2,11-17H2/t20-/m0/s1. The lowest BCUT2D eigenvalue weighted by molar-refractivity contribution is 0.122. The van der Waals surface area contributed by atoms with Gasteiger partial charge in [0, 0.05) is 24.8 Å². The van der Waals surface area contributed by atoms with Crippen molar-refractivity contribution in [1.82, 2.24) is 5.32 Å². The van der Waals surface area contributed by atoms with E-state index in [1.165, 1.54) is 29.7 Å². The van der Waals surface area contributed by atoms with Gasteiger partial charge < -0.3 is 19.7 Å². The molecule has 4 rings (SSSR count). The molecule has 0 aromatic heterocycles. The lowest BCUT2D eigenvalue weighted by Gasteiger charge is -2.28. The first-order valence-corrected chi connectivity index (χ1v) is 9.73. The van der Waals surface area contributed by atoms with Crippen LogP contribution in [0, 0.1) is 0 Å². The number of nitrogens with one attached hydrogen (secondary N) is 1. The molecule has 138 valence electrons. The Morgan fingerprint density at radius 3 is 2.31 bits per heavy atom. The zero-order chi connectivity index (χ0) is 17.6. The van der Waals surface area contributed by atoms with E-state index in [4.69, 9.17) is 9.47 Å². The first-order valence-electron chi connectivity index (χ1n) is 9.73. The van der Waals surface area contributed by atoms with E-state index in [1.807, 2.05) is 0 Å². The van der Waals surface area contributed by atoms with Gasteiger partial charge in [-0.1, -0.05) is 24.3 Å². The van der Waals surface area contributed by atoms with Crippen LogP contribution in [0.3, 0.4) is 0 Å². The van der Waals surface area contributed by atoms with Gasteiger partial charge in [-0.25, -0.2) is 0 Å². The van der Waals surface area contributed by atoms with Crippen molar-refractivity contribution in [3.05, 3.63) is 59.7 Å². The molecule has 0 bridgehead atoms. The highest BCUT2D eigenvalue weighted by molar-refractivity contribution is 5.48. The van der Waals surface area contributed by atoms with Crippen LogP contribution in [0.5, 0.6) is 5.75 Å². The lowest BCUT2D eigenvalue weighted by Crippen LogP contribution is -2.36. The molecule has 4 nitrogen and oxygen atoms in total. The lowest BCUT2D eigenvalue weighted by atomic mass is 10.0. The van der Waals surface area contributed by atoms with Crippen molar-refractivity contribution >= 4 is 5.69 Å². The molecule has 2 aromatic rings. The van der Waals surface area contributed by atoms with E-state index < -0.39 is 0 Å². The molecular weight excluding hydrogens is 324 g/mol. The molecule has 2 saturated heterocycles. The number of hydrogen-bond acceptors (Lipinski definition) is 4. The number of ether oxygens (including phenoxy) is 2. The summed E-state index contributed by atoms with van der Waals surface area (Å²) in [6, 6.07) is 18.0. The van der Waals surface area contributed by atoms with E-state index in [0.29, 0.717) is 6.04 Å². The van der Waals surface area contributed by atoms with Crippen molar-refractivity contribution in [3.8, 4) is 5.75 Å².